The Kier molecular flexibility index (Phi) is 4.98. The van der Waals surface area contributed by atoms with Gasteiger partial charge in [0.25, 0.3) is 0 Å². The summed E-state index contributed by atoms with van der Waals surface area (Å²) in [7, 11) is 0. The van der Waals surface area contributed by atoms with Crippen molar-refractivity contribution in [3.05, 3.63) is 0 Å². The van der Waals surface area contributed by atoms with Crippen molar-refractivity contribution in [2.75, 3.05) is 12.4 Å². The van der Waals surface area contributed by atoms with Crippen LogP contribution in [0.15, 0.2) is 5.16 Å². The van der Waals surface area contributed by atoms with Gasteiger partial charge in [-0.25, -0.2) is 4.68 Å². The Hall–Kier alpha value is -1.15. The molecule has 1 fully saturated rings. The molecule has 1 saturated heterocycles. The molecule has 1 aliphatic heterocycles. The summed E-state index contributed by atoms with van der Waals surface area (Å²) < 4.78 is 7.71. The number of ether oxygens (including phenoxy) is 1. The summed E-state index contributed by atoms with van der Waals surface area (Å²) in [5.74, 6) is -0.899. The molecular weight excluding hydrogens is 280 g/mol. The van der Waals surface area contributed by atoms with Gasteiger partial charge in [0.05, 0.1) is 17.4 Å². The molecule has 0 spiro atoms. The first-order valence-corrected chi connectivity index (χ1v) is 7.85. The van der Waals surface area contributed by atoms with E-state index in [-0.39, 0.29) is 17.4 Å². The second-order valence-electron chi connectivity index (χ2n) is 4.97. The third-order valence-electron chi connectivity index (χ3n) is 3.89. The van der Waals surface area contributed by atoms with Crippen molar-refractivity contribution in [1.29, 1.82) is 0 Å². The fourth-order valence-corrected chi connectivity index (χ4v) is 3.25. The average Bonchev–Trinajstić information content (AvgIpc) is 2.93. The van der Waals surface area contributed by atoms with Crippen LogP contribution in [0.4, 0.5) is 0 Å². The van der Waals surface area contributed by atoms with E-state index in [9.17, 15) is 4.79 Å². The zero-order valence-electron chi connectivity index (χ0n) is 11.8. The number of rotatable bonds is 6. The van der Waals surface area contributed by atoms with Crippen molar-refractivity contribution in [2.45, 2.75) is 56.3 Å². The van der Waals surface area contributed by atoms with Gasteiger partial charge >= 0.3 is 5.97 Å². The Morgan fingerprint density at radius 1 is 1.55 bits per heavy atom. The lowest BCUT2D eigenvalue weighted by Gasteiger charge is -2.39. The van der Waals surface area contributed by atoms with E-state index in [1.54, 1.807) is 4.68 Å². The van der Waals surface area contributed by atoms with Crippen LogP contribution < -0.4 is 0 Å². The number of tetrazole rings is 1. The average molecular weight is 300 g/mol. The Morgan fingerprint density at radius 3 is 2.95 bits per heavy atom. The summed E-state index contributed by atoms with van der Waals surface area (Å²) in [4.78, 5) is 10.7. The van der Waals surface area contributed by atoms with Crippen LogP contribution in [-0.4, -0.2) is 49.2 Å². The molecule has 2 heterocycles. The molecule has 112 valence electrons. The van der Waals surface area contributed by atoms with Crippen LogP contribution in [0.5, 0.6) is 0 Å². The third kappa shape index (κ3) is 3.29. The highest BCUT2D eigenvalue weighted by Crippen LogP contribution is 2.37. The fraction of sp³-hybridized carbons (Fsp3) is 0.833. The van der Waals surface area contributed by atoms with Crippen LogP contribution in [0.25, 0.3) is 0 Å². The minimum Gasteiger partial charge on any atom is -0.481 e. The van der Waals surface area contributed by atoms with Gasteiger partial charge < -0.3 is 9.84 Å². The molecule has 20 heavy (non-hydrogen) atoms. The maximum atomic E-state index is 10.7. The van der Waals surface area contributed by atoms with Crippen molar-refractivity contribution < 1.29 is 14.6 Å². The zero-order valence-corrected chi connectivity index (χ0v) is 12.6. The smallest absolute Gasteiger partial charge is 0.313 e. The molecule has 1 aromatic rings. The molecule has 1 N–H and O–H groups in total. The van der Waals surface area contributed by atoms with Crippen LogP contribution in [0, 0.1) is 0 Å². The molecule has 0 aliphatic carbocycles. The summed E-state index contributed by atoms with van der Waals surface area (Å²) in [5, 5.41) is 21.0. The highest BCUT2D eigenvalue weighted by Gasteiger charge is 2.36. The molecular formula is C12H20N4O3S. The standard InChI is InChI=1S/C12H20N4O3S/c1-3-12(4-2)7-9(5-6-19-12)16-11(13-14-15-16)20-8-10(17)18/h9H,3-8H2,1-2H3,(H,17,18). The molecule has 8 heteroatoms. The highest BCUT2D eigenvalue weighted by atomic mass is 32.2. The fourth-order valence-electron chi connectivity index (χ4n) is 2.59. The second-order valence-corrected chi connectivity index (χ2v) is 5.92. The van der Waals surface area contributed by atoms with E-state index < -0.39 is 5.97 Å². The Morgan fingerprint density at radius 2 is 2.30 bits per heavy atom. The van der Waals surface area contributed by atoms with Gasteiger partial charge in [0.1, 0.15) is 0 Å². The quantitative estimate of drug-likeness (QED) is 0.800. The van der Waals surface area contributed by atoms with Gasteiger partial charge in [0.15, 0.2) is 0 Å². The van der Waals surface area contributed by atoms with Crippen molar-refractivity contribution in [3.63, 3.8) is 0 Å². The molecule has 0 bridgehead atoms. The lowest BCUT2D eigenvalue weighted by molar-refractivity contribution is -0.133. The minimum atomic E-state index is -0.868. The summed E-state index contributed by atoms with van der Waals surface area (Å²) >= 11 is 1.16. The van der Waals surface area contributed by atoms with Crippen molar-refractivity contribution in [1.82, 2.24) is 20.2 Å². The number of nitrogens with zero attached hydrogens (tertiary/aromatic N) is 4. The maximum Gasteiger partial charge on any atom is 0.313 e. The van der Waals surface area contributed by atoms with Gasteiger partial charge in [0, 0.05) is 6.61 Å². The van der Waals surface area contributed by atoms with E-state index in [1.165, 1.54) is 0 Å². The Labute approximate surface area is 122 Å². The molecule has 1 aromatic heterocycles. The van der Waals surface area contributed by atoms with Crippen LogP contribution >= 0.6 is 11.8 Å². The van der Waals surface area contributed by atoms with Crippen molar-refractivity contribution >= 4 is 17.7 Å². The van der Waals surface area contributed by atoms with Crippen molar-refractivity contribution in [2.24, 2.45) is 0 Å². The maximum absolute atomic E-state index is 10.7. The number of carboxylic acid groups (broad SMARTS) is 1. The number of thioether (sulfide) groups is 1. The van der Waals surface area contributed by atoms with Gasteiger partial charge in [0.2, 0.25) is 5.16 Å². The summed E-state index contributed by atoms with van der Waals surface area (Å²) in [6, 6.07) is 0.176. The van der Waals surface area contributed by atoms with Gasteiger partial charge in [-0.2, -0.15) is 0 Å². The number of carbonyl (C=O) groups is 1. The van der Waals surface area contributed by atoms with E-state index in [4.69, 9.17) is 9.84 Å². The highest BCUT2D eigenvalue weighted by molar-refractivity contribution is 7.99. The molecule has 1 atom stereocenters. The third-order valence-corrected chi connectivity index (χ3v) is 4.81. The Bertz CT molecular complexity index is 461. The minimum absolute atomic E-state index is 0.0315. The lowest BCUT2D eigenvalue weighted by Crippen LogP contribution is -2.40. The van der Waals surface area contributed by atoms with Gasteiger partial charge in [-0.15, -0.1) is 5.10 Å². The predicted molar refractivity (Wildman–Crippen MR) is 73.7 cm³/mol. The number of hydrogen-bond acceptors (Lipinski definition) is 6. The SMILES string of the molecule is CCC1(CC)CC(n2nnnc2SCC(=O)O)CCO1. The number of hydrogen-bond donors (Lipinski definition) is 1. The normalized spacial score (nSPS) is 21.8. The first-order chi connectivity index (χ1) is 9.60. The molecule has 0 aromatic carbocycles. The number of aliphatic carboxylic acids is 1. The van der Waals surface area contributed by atoms with E-state index in [0.29, 0.717) is 11.8 Å². The number of aromatic nitrogens is 4. The molecule has 7 nitrogen and oxygen atoms in total. The van der Waals surface area contributed by atoms with Crippen molar-refractivity contribution in [3.8, 4) is 0 Å². The van der Waals surface area contributed by atoms with Gasteiger partial charge in [-0.05, 0) is 36.1 Å². The largest absolute Gasteiger partial charge is 0.481 e. The van der Waals surface area contributed by atoms with Crippen LogP contribution in [-0.2, 0) is 9.53 Å². The van der Waals surface area contributed by atoms with Crippen LogP contribution in [0.1, 0.15) is 45.6 Å². The molecule has 1 aliphatic rings. The van der Waals surface area contributed by atoms with E-state index in [1.807, 2.05) is 0 Å². The Balaban J connectivity index is 2.11. The topological polar surface area (TPSA) is 90.1 Å². The van der Waals surface area contributed by atoms with E-state index in [2.05, 4.69) is 29.4 Å². The number of carboxylic acids is 1. The van der Waals surface area contributed by atoms with Gasteiger partial charge in [-0.1, -0.05) is 25.6 Å². The molecule has 0 amide bonds. The zero-order chi connectivity index (χ0) is 14.6. The molecule has 2 rings (SSSR count). The first-order valence-electron chi connectivity index (χ1n) is 6.86. The van der Waals surface area contributed by atoms with E-state index >= 15 is 0 Å². The second kappa shape index (κ2) is 6.53. The van der Waals surface area contributed by atoms with Crippen LogP contribution in [0.3, 0.4) is 0 Å². The van der Waals surface area contributed by atoms with Gasteiger partial charge in [-0.3, -0.25) is 4.79 Å². The molecule has 1 unspecified atom stereocenters. The molecule has 0 radical (unpaired) electrons. The predicted octanol–water partition coefficient (Wildman–Crippen LogP) is 1.76. The van der Waals surface area contributed by atoms with E-state index in [0.717, 1.165) is 37.4 Å². The molecule has 0 saturated carbocycles. The monoisotopic (exact) mass is 300 g/mol. The lowest BCUT2D eigenvalue weighted by atomic mass is 9.86. The van der Waals surface area contributed by atoms with Crippen LogP contribution in [0.2, 0.25) is 0 Å². The summed E-state index contributed by atoms with van der Waals surface area (Å²) in [6.45, 7) is 4.95. The summed E-state index contributed by atoms with van der Waals surface area (Å²) in [5.41, 5.74) is -0.108. The first kappa shape index (κ1) is 15.2. The summed E-state index contributed by atoms with van der Waals surface area (Å²) in [6.07, 6.45) is 3.64.